The van der Waals surface area contributed by atoms with Gasteiger partial charge in [-0.15, -0.1) is 0 Å². The van der Waals surface area contributed by atoms with Crippen molar-refractivity contribution in [2.24, 2.45) is 0 Å². The Morgan fingerprint density at radius 3 is 2.95 bits per heavy atom. The van der Waals surface area contributed by atoms with Crippen LogP contribution >= 0.6 is 0 Å². The molecule has 0 aliphatic heterocycles. The molecule has 3 aromatic rings. The molecule has 6 nitrogen and oxygen atoms in total. The molecule has 0 saturated carbocycles. The summed E-state index contributed by atoms with van der Waals surface area (Å²) in [6, 6.07) is 9.58. The Balaban J connectivity index is 1.95. The number of H-pyrrole nitrogens is 1. The molecule has 21 heavy (non-hydrogen) atoms. The lowest BCUT2D eigenvalue weighted by molar-refractivity contribution is 0.0520. The molecule has 0 radical (unpaired) electrons. The summed E-state index contributed by atoms with van der Waals surface area (Å²) < 4.78 is 11.8. The molecule has 0 aliphatic rings. The minimum absolute atomic E-state index is 0.292. The number of fused-ring (bicyclic) bond motifs is 1. The van der Waals surface area contributed by atoms with Crippen LogP contribution in [-0.4, -0.2) is 34.3 Å². The first-order chi connectivity index (χ1) is 10.2. The third kappa shape index (κ3) is 2.47. The van der Waals surface area contributed by atoms with Gasteiger partial charge in [-0.25, -0.2) is 14.3 Å². The van der Waals surface area contributed by atoms with Gasteiger partial charge in [-0.1, -0.05) is 12.1 Å². The van der Waals surface area contributed by atoms with Gasteiger partial charge in [0, 0.05) is 11.6 Å². The predicted octanol–water partition coefficient (Wildman–Crippen LogP) is 2.51. The van der Waals surface area contributed by atoms with E-state index in [1.54, 1.807) is 24.7 Å². The van der Waals surface area contributed by atoms with E-state index in [0.717, 1.165) is 17.0 Å². The second-order valence-corrected chi connectivity index (χ2v) is 4.48. The van der Waals surface area contributed by atoms with Gasteiger partial charge in [0.25, 0.3) is 0 Å². The highest BCUT2D eigenvalue weighted by atomic mass is 16.5. The molecule has 1 N–H and O–H groups in total. The molecule has 108 valence electrons. The van der Waals surface area contributed by atoms with E-state index < -0.39 is 5.97 Å². The second kappa shape index (κ2) is 5.32. The van der Waals surface area contributed by atoms with Gasteiger partial charge < -0.3 is 9.47 Å². The van der Waals surface area contributed by atoms with Gasteiger partial charge >= 0.3 is 5.97 Å². The number of hydrogen-bond acceptors (Lipinski definition) is 4. The third-order valence-corrected chi connectivity index (χ3v) is 3.11. The van der Waals surface area contributed by atoms with E-state index in [-0.39, 0.29) is 0 Å². The summed E-state index contributed by atoms with van der Waals surface area (Å²) in [6.07, 6.45) is 1.62. The number of aromatic amines is 1. The van der Waals surface area contributed by atoms with Crippen LogP contribution < -0.4 is 4.74 Å². The van der Waals surface area contributed by atoms with Gasteiger partial charge in [-0.05, 0) is 19.1 Å². The number of nitrogens with one attached hydrogen (secondary N) is 1. The van der Waals surface area contributed by atoms with Crippen LogP contribution in [0.5, 0.6) is 5.75 Å². The van der Waals surface area contributed by atoms with Crippen molar-refractivity contribution in [2.45, 2.75) is 6.92 Å². The summed E-state index contributed by atoms with van der Waals surface area (Å²) in [5, 5.41) is 3.17. The van der Waals surface area contributed by atoms with Crippen molar-refractivity contribution in [3.63, 3.8) is 0 Å². The summed E-state index contributed by atoms with van der Waals surface area (Å²) >= 11 is 0. The molecule has 3 rings (SSSR count). The monoisotopic (exact) mass is 285 g/mol. The van der Waals surface area contributed by atoms with Crippen molar-refractivity contribution < 1.29 is 14.3 Å². The molecule has 0 bridgehead atoms. The highest BCUT2D eigenvalue weighted by molar-refractivity contribution is 5.88. The molecule has 0 amide bonds. The number of esters is 1. The lowest BCUT2D eigenvalue weighted by Gasteiger charge is -2.02. The number of imidazole rings is 1. The normalized spacial score (nSPS) is 10.8. The maximum atomic E-state index is 11.6. The smallest absolute Gasteiger partial charge is 0.358 e. The van der Waals surface area contributed by atoms with Crippen LogP contribution in [0.15, 0.2) is 36.5 Å². The molecule has 2 aromatic heterocycles. The molecule has 0 spiro atoms. The van der Waals surface area contributed by atoms with E-state index in [2.05, 4.69) is 10.1 Å². The SMILES string of the molecule is CCOC(=O)c1cn2[nH]c(-c3cccc(OC)c3)cc2n1. The number of rotatable bonds is 4. The van der Waals surface area contributed by atoms with Crippen LogP contribution in [0.4, 0.5) is 0 Å². The number of carbonyl (C=O) groups excluding carboxylic acids is 1. The standard InChI is InChI=1S/C15H15N3O3/c1-3-21-15(19)13-9-18-14(16-13)8-12(17-18)10-5-4-6-11(7-10)20-2/h4-9,17H,3H2,1-2H3. The Labute approximate surface area is 121 Å². The van der Waals surface area contributed by atoms with Gasteiger partial charge in [0.2, 0.25) is 0 Å². The third-order valence-electron chi connectivity index (χ3n) is 3.11. The Bertz CT molecular complexity index is 757. The number of carbonyl (C=O) groups is 1. The van der Waals surface area contributed by atoms with E-state index in [0.29, 0.717) is 17.9 Å². The second-order valence-electron chi connectivity index (χ2n) is 4.48. The van der Waals surface area contributed by atoms with E-state index in [4.69, 9.17) is 9.47 Å². The molecule has 1 aromatic carbocycles. The highest BCUT2D eigenvalue weighted by Crippen LogP contribution is 2.23. The zero-order valence-electron chi connectivity index (χ0n) is 11.8. The van der Waals surface area contributed by atoms with Crippen molar-refractivity contribution in [3.05, 3.63) is 42.2 Å². The van der Waals surface area contributed by atoms with Gasteiger partial charge in [0.15, 0.2) is 11.3 Å². The minimum atomic E-state index is -0.419. The van der Waals surface area contributed by atoms with E-state index in [1.807, 2.05) is 30.3 Å². The highest BCUT2D eigenvalue weighted by Gasteiger charge is 2.13. The number of hydrogen-bond donors (Lipinski definition) is 1. The van der Waals surface area contributed by atoms with Gasteiger partial charge in [0.05, 0.1) is 25.6 Å². The van der Waals surface area contributed by atoms with Crippen LogP contribution in [0.25, 0.3) is 16.9 Å². The maximum Gasteiger partial charge on any atom is 0.358 e. The number of ether oxygens (including phenoxy) is 2. The number of methoxy groups -OCH3 is 1. The Morgan fingerprint density at radius 2 is 2.24 bits per heavy atom. The Kier molecular flexibility index (Phi) is 3.35. The minimum Gasteiger partial charge on any atom is -0.497 e. The molecule has 0 fully saturated rings. The topological polar surface area (TPSA) is 68.6 Å². The first-order valence-corrected chi connectivity index (χ1v) is 6.61. The van der Waals surface area contributed by atoms with Crippen molar-refractivity contribution in [1.29, 1.82) is 0 Å². The quantitative estimate of drug-likeness (QED) is 0.748. The lowest BCUT2D eigenvalue weighted by atomic mass is 10.1. The van der Waals surface area contributed by atoms with Gasteiger partial charge in [-0.3, -0.25) is 5.10 Å². The van der Waals surface area contributed by atoms with Crippen LogP contribution in [0.3, 0.4) is 0 Å². The van der Waals surface area contributed by atoms with E-state index in [1.165, 1.54) is 0 Å². The molecule has 6 heteroatoms. The largest absolute Gasteiger partial charge is 0.497 e. The van der Waals surface area contributed by atoms with Crippen LogP contribution in [0.2, 0.25) is 0 Å². The summed E-state index contributed by atoms with van der Waals surface area (Å²) in [6.45, 7) is 2.10. The molecule has 0 saturated heterocycles. The number of nitrogens with zero attached hydrogens (tertiary/aromatic N) is 2. The van der Waals surface area contributed by atoms with Gasteiger partial charge in [-0.2, -0.15) is 0 Å². The van der Waals surface area contributed by atoms with Crippen LogP contribution in [0.1, 0.15) is 17.4 Å². The molecular formula is C15H15N3O3. The molecule has 0 atom stereocenters. The Hall–Kier alpha value is -2.76. The number of benzene rings is 1. The zero-order chi connectivity index (χ0) is 14.8. The summed E-state index contributed by atoms with van der Waals surface area (Å²) in [5.41, 5.74) is 2.83. The first kappa shape index (κ1) is 13.2. The summed E-state index contributed by atoms with van der Waals surface area (Å²) in [5.74, 6) is 0.365. The average molecular weight is 285 g/mol. The van der Waals surface area contributed by atoms with Crippen molar-refractivity contribution in [3.8, 4) is 17.0 Å². The molecule has 0 unspecified atom stereocenters. The van der Waals surface area contributed by atoms with Crippen LogP contribution in [-0.2, 0) is 4.74 Å². The predicted molar refractivity (Wildman–Crippen MR) is 77.5 cm³/mol. The molecule has 2 heterocycles. The van der Waals surface area contributed by atoms with Crippen LogP contribution in [0, 0.1) is 0 Å². The van der Waals surface area contributed by atoms with Crippen molar-refractivity contribution in [1.82, 2.24) is 14.6 Å². The average Bonchev–Trinajstić information content (AvgIpc) is 3.06. The summed E-state index contributed by atoms with van der Waals surface area (Å²) in [7, 11) is 1.63. The fourth-order valence-corrected chi connectivity index (χ4v) is 2.12. The van der Waals surface area contributed by atoms with E-state index in [9.17, 15) is 4.79 Å². The number of aromatic nitrogens is 3. The fraction of sp³-hybridized carbons (Fsp3) is 0.200. The molecular weight excluding hydrogens is 270 g/mol. The maximum absolute atomic E-state index is 11.6. The van der Waals surface area contributed by atoms with Crippen molar-refractivity contribution >= 4 is 11.6 Å². The summed E-state index contributed by atoms with van der Waals surface area (Å²) in [4.78, 5) is 15.9. The molecule has 0 aliphatic carbocycles. The van der Waals surface area contributed by atoms with Gasteiger partial charge in [0.1, 0.15) is 5.75 Å². The first-order valence-electron chi connectivity index (χ1n) is 6.61. The Morgan fingerprint density at radius 1 is 1.38 bits per heavy atom. The lowest BCUT2D eigenvalue weighted by Crippen LogP contribution is -2.04. The van der Waals surface area contributed by atoms with E-state index >= 15 is 0 Å². The zero-order valence-corrected chi connectivity index (χ0v) is 11.8. The fourth-order valence-electron chi connectivity index (χ4n) is 2.12. The van der Waals surface area contributed by atoms with Crippen molar-refractivity contribution in [2.75, 3.05) is 13.7 Å².